The van der Waals surface area contributed by atoms with Gasteiger partial charge >= 0.3 is 0 Å². The number of amides is 3. The number of rotatable bonds is 7. The molecule has 3 amide bonds. The normalized spacial score (nSPS) is 26.6. The van der Waals surface area contributed by atoms with E-state index in [0.717, 1.165) is 25.7 Å². The number of imide groups is 1. The van der Waals surface area contributed by atoms with Crippen LogP contribution in [-0.4, -0.2) is 80.2 Å². The predicted molar refractivity (Wildman–Crippen MR) is 116 cm³/mol. The van der Waals surface area contributed by atoms with Crippen molar-refractivity contribution in [2.75, 3.05) is 40.5 Å². The van der Waals surface area contributed by atoms with Gasteiger partial charge in [0.1, 0.15) is 5.75 Å². The first-order valence-corrected chi connectivity index (χ1v) is 11.4. The smallest absolute Gasteiger partial charge is 0.241 e. The lowest BCUT2D eigenvalue weighted by Crippen LogP contribution is -2.47. The van der Waals surface area contributed by atoms with Crippen molar-refractivity contribution in [3.63, 3.8) is 0 Å². The van der Waals surface area contributed by atoms with Crippen LogP contribution in [-0.2, 0) is 29.3 Å². The standard InChI is InChI=1S/C24H32N2O6/c1-25(15-20-16-31-10-11-32-20)21(27)13-24(17-6-5-9-19(12-17)30-2)14-22(28)26(23(24)29)18-7-3-4-8-18/h5-6,9,12,18,20H,3-4,7-8,10-11,13-16H2,1-2H3. The van der Waals surface area contributed by atoms with E-state index in [1.165, 1.54) is 4.90 Å². The topological polar surface area (TPSA) is 85.4 Å². The van der Waals surface area contributed by atoms with Crippen LogP contribution in [0.1, 0.15) is 44.1 Å². The van der Waals surface area contributed by atoms with E-state index in [1.807, 2.05) is 6.07 Å². The lowest BCUT2D eigenvalue weighted by Gasteiger charge is -2.32. The Morgan fingerprint density at radius 3 is 2.72 bits per heavy atom. The number of likely N-dealkylation sites (tertiary alicyclic amines) is 1. The maximum absolute atomic E-state index is 13.8. The third-order valence-corrected chi connectivity index (χ3v) is 6.90. The van der Waals surface area contributed by atoms with Crippen LogP contribution >= 0.6 is 0 Å². The first-order valence-electron chi connectivity index (χ1n) is 11.4. The minimum absolute atomic E-state index is 0.00186. The average molecular weight is 445 g/mol. The molecule has 1 aromatic carbocycles. The molecule has 0 bridgehead atoms. The van der Waals surface area contributed by atoms with Crippen molar-refractivity contribution >= 4 is 17.7 Å². The zero-order valence-electron chi connectivity index (χ0n) is 18.9. The Morgan fingerprint density at radius 2 is 2.03 bits per heavy atom. The molecule has 2 atom stereocenters. The molecule has 0 spiro atoms. The van der Waals surface area contributed by atoms with Gasteiger partial charge in [0.25, 0.3) is 0 Å². The third kappa shape index (κ3) is 4.38. The molecule has 1 saturated carbocycles. The molecule has 1 aliphatic carbocycles. The molecule has 2 unspecified atom stereocenters. The minimum atomic E-state index is -1.22. The van der Waals surface area contributed by atoms with Gasteiger partial charge in [-0.2, -0.15) is 0 Å². The zero-order valence-corrected chi connectivity index (χ0v) is 18.9. The second kappa shape index (κ2) is 9.58. The Morgan fingerprint density at radius 1 is 1.25 bits per heavy atom. The molecule has 4 rings (SSSR count). The summed E-state index contributed by atoms with van der Waals surface area (Å²) in [7, 11) is 3.26. The summed E-state index contributed by atoms with van der Waals surface area (Å²) in [6, 6.07) is 7.11. The highest BCUT2D eigenvalue weighted by molar-refractivity contribution is 6.11. The lowest BCUT2D eigenvalue weighted by molar-refractivity contribution is -0.145. The fraction of sp³-hybridized carbons (Fsp3) is 0.625. The molecule has 0 aromatic heterocycles. The predicted octanol–water partition coefficient (Wildman–Crippen LogP) is 1.90. The van der Waals surface area contributed by atoms with E-state index >= 15 is 0 Å². The molecule has 0 radical (unpaired) electrons. The summed E-state index contributed by atoms with van der Waals surface area (Å²) in [5.74, 6) is -0.0581. The van der Waals surface area contributed by atoms with Crippen LogP contribution in [0.25, 0.3) is 0 Å². The molecule has 0 N–H and O–H groups in total. The van der Waals surface area contributed by atoms with E-state index in [9.17, 15) is 14.4 Å². The molecule has 2 heterocycles. The summed E-state index contributed by atoms with van der Waals surface area (Å²) in [4.78, 5) is 43.2. The molecular formula is C24H32N2O6. The molecular weight excluding hydrogens is 412 g/mol. The Balaban J connectivity index is 1.61. The van der Waals surface area contributed by atoms with Gasteiger partial charge in [-0.1, -0.05) is 25.0 Å². The van der Waals surface area contributed by atoms with Gasteiger partial charge in [0.15, 0.2) is 0 Å². The molecule has 174 valence electrons. The Labute approximate surface area is 188 Å². The van der Waals surface area contributed by atoms with Crippen LogP contribution in [0.2, 0.25) is 0 Å². The monoisotopic (exact) mass is 444 g/mol. The molecule has 1 aromatic rings. The highest BCUT2D eigenvalue weighted by Gasteiger charge is 2.56. The number of ether oxygens (including phenoxy) is 3. The number of likely N-dealkylation sites (N-methyl/N-ethyl adjacent to an activating group) is 1. The molecule has 3 aliphatic rings. The number of nitrogens with zero attached hydrogens (tertiary/aromatic N) is 2. The van der Waals surface area contributed by atoms with Crippen LogP contribution in [0, 0.1) is 0 Å². The molecule has 8 nitrogen and oxygen atoms in total. The first kappa shape index (κ1) is 22.7. The minimum Gasteiger partial charge on any atom is -0.497 e. The third-order valence-electron chi connectivity index (χ3n) is 6.90. The molecule has 32 heavy (non-hydrogen) atoms. The second-order valence-electron chi connectivity index (χ2n) is 9.02. The van der Waals surface area contributed by atoms with Gasteiger partial charge in [0.2, 0.25) is 17.7 Å². The van der Waals surface area contributed by atoms with Crippen molar-refractivity contribution in [1.29, 1.82) is 0 Å². The second-order valence-corrected chi connectivity index (χ2v) is 9.02. The van der Waals surface area contributed by atoms with Crippen molar-refractivity contribution in [3.05, 3.63) is 29.8 Å². The zero-order chi connectivity index (χ0) is 22.7. The summed E-state index contributed by atoms with van der Waals surface area (Å²) in [5.41, 5.74) is -0.571. The van der Waals surface area contributed by atoms with Crippen molar-refractivity contribution in [1.82, 2.24) is 9.80 Å². The summed E-state index contributed by atoms with van der Waals surface area (Å²) in [5, 5.41) is 0. The van der Waals surface area contributed by atoms with E-state index in [4.69, 9.17) is 14.2 Å². The highest BCUT2D eigenvalue weighted by atomic mass is 16.6. The lowest BCUT2D eigenvalue weighted by atomic mass is 9.75. The van der Waals surface area contributed by atoms with E-state index in [-0.39, 0.29) is 42.7 Å². The molecule has 2 saturated heterocycles. The Kier molecular flexibility index (Phi) is 6.81. The molecule has 3 fully saturated rings. The summed E-state index contributed by atoms with van der Waals surface area (Å²) < 4.78 is 16.5. The molecule has 8 heteroatoms. The van der Waals surface area contributed by atoms with E-state index in [2.05, 4.69) is 0 Å². The van der Waals surface area contributed by atoms with Gasteiger partial charge in [-0.15, -0.1) is 0 Å². The van der Waals surface area contributed by atoms with Gasteiger partial charge < -0.3 is 19.1 Å². The van der Waals surface area contributed by atoms with E-state index < -0.39 is 5.41 Å². The Bertz CT molecular complexity index is 862. The van der Waals surface area contributed by atoms with Crippen molar-refractivity contribution in [2.24, 2.45) is 0 Å². The quantitative estimate of drug-likeness (QED) is 0.597. The van der Waals surface area contributed by atoms with E-state index in [1.54, 1.807) is 37.3 Å². The van der Waals surface area contributed by atoms with Crippen molar-refractivity contribution < 1.29 is 28.6 Å². The maximum atomic E-state index is 13.8. The number of carbonyl (C=O) groups excluding carboxylic acids is 3. The van der Waals surface area contributed by atoms with Crippen LogP contribution < -0.4 is 4.74 Å². The largest absolute Gasteiger partial charge is 0.497 e. The molecule has 2 aliphatic heterocycles. The van der Waals surface area contributed by atoms with E-state index in [0.29, 0.717) is 37.7 Å². The van der Waals surface area contributed by atoms with Gasteiger partial charge in [0, 0.05) is 32.5 Å². The van der Waals surface area contributed by atoms with Crippen LogP contribution in [0.5, 0.6) is 5.75 Å². The van der Waals surface area contributed by atoms with Crippen molar-refractivity contribution in [3.8, 4) is 5.75 Å². The van der Waals surface area contributed by atoms with Crippen LogP contribution in [0.4, 0.5) is 0 Å². The fourth-order valence-corrected chi connectivity index (χ4v) is 5.12. The SMILES string of the molecule is COc1cccc(C2(CC(=O)N(C)CC3COCCO3)CC(=O)N(C3CCCC3)C2=O)c1. The first-order chi connectivity index (χ1) is 15.4. The summed E-state index contributed by atoms with van der Waals surface area (Å²) >= 11 is 0. The fourth-order valence-electron chi connectivity index (χ4n) is 5.12. The number of benzene rings is 1. The number of methoxy groups -OCH3 is 1. The number of hydrogen-bond acceptors (Lipinski definition) is 6. The number of carbonyl (C=O) groups is 3. The summed E-state index contributed by atoms with van der Waals surface area (Å²) in [6.45, 7) is 1.87. The van der Waals surface area contributed by atoms with Gasteiger partial charge in [-0.05, 0) is 30.5 Å². The van der Waals surface area contributed by atoms with Crippen LogP contribution in [0.3, 0.4) is 0 Å². The maximum Gasteiger partial charge on any atom is 0.241 e. The van der Waals surface area contributed by atoms with Gasteiger partial charge in [0.05, 0.1) is 38.4 Å². The average Bonchev–Trinajstić information content (AvgIpc) is 3.41. The van der Waals surface area contributed by atoms with Crippen LogP contribution in [0.15, 0.2) is 24.3 Å². The van der Waals surface area contributed by atoms with Gasteiger partial charge in [-0.3, -0.25) is 19.3 Å². The Hall–Kier alpha value is -2.45. The summed E-state index contributed by atoms with van der Waals surface area (Å²) in [6.07, 6.45) is 3.42. The highest BCUT2D eigenvalue weighted by Crippen LogP contribution is 2.43. The van der Waals surface area contributed by atoms with Gasteiger partial charge in [-0.25, -0.2) is 0 Å². The van der Waals surface area contributed by atoms with Crippen molar-refractivity contribution in [2.45, 2.75) is 56.1 Å². The number of hydrogen-bond donors (Lipinski definition) is 0.